The number of nitrogens with two attached hydrogens (primary N) is 1. The molecule has 0 heterocycles. The molecule has 0 aliphatic rings. The molecule has 0 amide bonds. The molecule has 2 unspecified atom stereocenters. The van der Waals surface area contributed by atoms with E-state index in [0.717, 1.165) is 18.4 Å². The van der Waals surface area contributed by atoms with Gasteiger partial charge in [-0.2, -0.15) is 0 Å². The van der Waals surface area contributed by atoms with Crippen LogP contribution in [-0.2, 0) is 4.79 Å². The van der Waals surface area contributed by atoms with Gasteiger partial charge in [-0.05, 0) is 36.8 Å². The molecule has 94 valence electrons. The molecule has 2 N–H and O–H groups in total. The lowest BCUT2D eigenvalue weighted by Crippen LogP contribution is -2.11. The first-order valence-corrected chi connectivity index (χ1v) is 6.39. The third-order valence-electron chi connectivity index (χ3n) is 3.35. The summed E-state index contributed by atoms with van der Waals surface area (Å²) in [5, 5.41) is 0. The molecule has 2 heteroatoms. The molecule has 0 spiro atoms. The Hall–Kier alpha value is -1.15. The Balaban J connectivity index is 2.63. The molecule has 1 rings (SSSR count). The van der Waals surface area contributed by atoms with Crippen LogP contribution in [0.5, 0.6) is 0 Å². The van der Waals surface area contributed by atoms with E-state index in [4.69, 9.17) is 5.73 Å². The lowest BCUT2D eigenvalue weighted by Gasteiger charge is -2.13. The highest BCUT2D eigenvalue weighted by molar-refractivity contribution is 5.75. The fourth-order valence-corrected chi connectivity index (χ4v) is 1.83. The molecule has 1 aromatic carbocycles. The number of ketones is 1. The van der Waals surface area contributed by atoms with Crippen LogP contribution in [0.4, 0.5) is 0 Å². The lowest BCUT2D eigenvalue weighted by molar-refractivity contribution is -0.117. The molecule has 0 aliphatic carbocycles. The van der Waals surface area contributed by atoms with Gasteiger partial charge in [-0.25, -0.2) is 0 Å². The van der Waals surface area contributed by atoms with Crippen LogP contribution in [0, 0.1) is 0 Å². The zero-order chi connectivity index (χ0) is 12.8. The van der Waals surface area contributed by atoms with Gasteiger partial charge in [0.15, 0.2) is 0 Å². The summed E-state index contributed by atoms with van der Waals surface area (Å²) in [6.07, 6.45) is 2.45. The van der Waals surface area contributed by atoms with Crippen molar-refractivity contribution in [2.75, 3.05) is 0 Å². The number of benzene rings is 1. The second-order valence-corrected chi connectivity index (χ2v) is 4.82. The van der Waals surface area contributed by atoms with Crippen LogP contribution in [0.2, 0.25) is 0 Å². The van der Waals surface area contributed by atoms with Crippen molar-refractivity contribution in [1.29, 1.82) is 0 Å². The zero-order valence-corrected chi connectivity index (χ0v) is 11.1. The number of rotatable bonds is 6. The summed E-state index contributed by atoms with van der Waals surface area (Å²) in [5.74, 6) is 0.800. The van der Waals surface area contributed by atoms with Gasteiger partial charge in [0.2, 0.25) is 0 Å². The average Bonchev–Trinajstić information content (AvgIpc) is 2.35. The summed E-state index contributed by atoms with van der Waals surface area (Å²) in [6.45, 7) is 6.03. The quantitative estimate of drug-likeness (QED) is 0.816. The molecule has 0 saturated carbocycles. The number of hydrogen-bond acceptors (Lipinski definition) is 2. The maximum atomic E-state index is 10.9. The highest BCUT2D eigenvalue weighted by atomic mass is 16.1. The second-order valence-electron chi connectivity index (χ2n) is 4.82. The van der Waals surface area contributed by atoms with E-state index in [2.05, 4.69) is 38.1 Å². The minimum atomic E-state index is -0.0233. The largest absolute Gasteiger partial charge is 0.324 e. The predicted molar refractivity (Wildman–Crippen MR) is 72.0 cm³/mol. The number of Topliss-reactive ketones (excluding diaryl/α,β-unsaturated/α-hetero) is 1. The summed E-state index contributed by atoms with van der Waals surface area (Å²) in [5.41, 5.74) is 8.53. The number of hydrogen-bond donors (Lipinski definition) is 1. The van der Waals surface area contributed by atoms with Gasteiger partial charge < -0.3 is 10.5 Å². The molecule has 2 nitrogen and oxygen atoms in total. The SMILES string of the molecule is CCC(C)c1ccc(C(N)CCC(C)=O)cc1. The highest BCUT2D eigenvalue weighted by Crippen LogP contribution is 2.22. The normalized spacial score (nSPS) is 14.4. The van der Waals surface area contributed by atoms with Crippen LogP contribution >= 0.6 is 0 Å². The van der Waals surface area contributed by atoms with Gasteiger partial charge in [0.25, 0.3) is 0 Å². The maximum absolute atomic E-state index is 10.9. The third kappa shape index (κ3) is 4.31. The van der Waals surface area contributed by atoms with Gasteiger partial charge in [-0.15, -0.1) is 0 Å². The van der Waals surface area contributed by atoms with E-state index in [9.17, 15) is 4.79 Å². The Morgan fingerprint density at radius 2 is 1.76 bits per heavy atom. The Morgan fingerprint density at radius 3 is 2.24 bits per heavy atom. The first kappa shape index (κ1) is 13.9. The first-order chi connectivity index (χ1) is 8.04. The monoisotopic (exact) mass is 233 g/mol. The van der Waals surface area contributed by atoms with Crippen molar-refractivity contribution in [3.63, 3.8) is 0 Å². The van der Waals surface area contributed by atoms with Crippen LogP contribution in [0.1, 0.15) is 63.1 Å². The smallest absolute Gasteiger partial charge is 0.129 e. The maximum Gasteiger partial charge on any atom is 0.129 e. The van der Waals surface area contributed by atoms with E-state index in [0.29, 0.717) is 12.3 Å². The third-order valence-corrected chi connectivity index (χ3v) is 3.35. The van der Waals surface area contributed by atoms with Gasteiger partial charge in [-0.1, -0.05) is 38.1 Å². The molecule has 1 aromatic rings. The second kappa shape index (κ2) is 6.55. The van der Waals surface area contributed by atoms with E-state index >= 15 is 0 Å². The van der Waals surface area contributed by atoms with Crippen LogP contribution < -0.4 is 5.73 Å². The van der Waals surface area contributed by atoms with Crippen molar-refractivity contribution in [2.45, 2.75) is 52.0 Å². The topological polar surface area (TPSA) is 43.1 Å². The van der Waals surface area contributed by atoms with Crippen molar-refractivity contribution in [3.05, 3.63) is 35.4 Å². The summed E-state index contributed by atoms with van der Waals surface area (Å²) >= 11 is 0. The average molecular weight is 233 g/mol. The Bertz CT molecular complexity index is 356. The highest BCUT2D eigenvalue weighted by Gasteiger charge is 2.08. The number of carbonyl (C=O) groups excluding carboxylic acids is 1. The zero-order valence-electron chi connectivity index (χ0n) is 11.1. The lowest BCUT2D eigenvalue weighted by atomic mass is 9.95. The van der Waals surface area contributed by atoms with Crippen LogP contribution in [-0.4, -0.2) is 5.78 Å². The minimum Gasteiger partial charge on any atom is -0.324 e. The van der Waals surface area contributed by atoms with Gasteiger partial charge in [0, 0.05) is 12.5 Å². The standard InChI is InChI=1S/C15H23NO/c1-4-11(2)13-6-8-14(9-7-13)15(16)10-5-12(3)17/h6-9,11,15H,4-5,10,16H2,1-3H3. The summed E-state index contributed by atoms with van der Waals surface area (Å²) in [4.78, 5) is 10.9. The fourth-order valence-electron chi connectivity index (χ4n) is 1.83. The van der Waals surface area contributed by atoms with Crippen LogP contribution in [0.15, 0.2) is 24.3 Å². The van der Waals surface area contributed by atoms with Gasteiger partial charge in [0.1, 0.15) is 5.78 Å². The van der Waals surface area contributed by atoms with E-state index in [1.165, 1.54) is 5.56 Å². The molecule has 0 radical (unpaired) electrons. The van der Waals surface area contributed by atoms with Gasteiger partial charge in [-0.3, -0.25) is 0 Å². The summed E-state index contributed by atoms with van der Waals surface area (Å²) in [7, 11) is 0. The molecule has 0 bridgehead atoms. The Morgan fingerprint density at radius 1 is 1.24 bits per heavy atom. The van der Waals surface area contributed by atoms with Crippen molar-refractivity contribution in [1.82, 2.24) is 0 Å². The van der Waals surface area contributed by atoms with Crippen LogP contribution in [0.25, 0.3) is 0 Å². The molecule has 0 fully saturated rings. The molecule has 17 heavy (non-hydrogen) atoms. The minimum absolute atomic E-state index is 0.0233. The summed E-state index contributed by atoms with van der Waals surface area (Å²) < 4.78 is 0. The van der Waals surface area contributed by atoms with Gasteiger partial charge in [0.05, 0.1) is 0 Å². The van der Waals surface area contributed by atoms with Gasteiger partial charge >= 0.3 is 0 Å². The molecule has 2 atom stereocenters. The Kier molecular flexibility index (Phi) is 5.36. The number of carbonyl (C=O) groups is 1. The molecule has 0 aromatic heterocycles. The molecule has 0 aliphatic heterocycles. The molecule has 0 saturated heterocycles. The summed E-state index contributed by atoms with van der Waals surface area (Å²) in [6, 6.07) is 8.46. The van der Waals surface area contributed by atoms with E-state index in [-0.39, 0.29) is 11.8 Å². The van der Waals surface area contributed by atoms with E-state index in [1.54, 1.807) is 6.92 Å². The van der Waals surface area contributed by atoms with E-state index in [1.807, 2.05) is 0 Å². The van der Waals surface area contributed by atoms with Crippen molar-refractivity contribution in [3.8, 4) is 0 Å². The fraction of sp³-hybridized carbons (Fsp3) is 0.533. The van der Waals surface area contributed by atoms with Crippen LogP contribution in [0.3, 0.4) is 0 Å². The first-order valence-electron chi connectivity index (χ1n) is 6.39. The molecular weight excluding hydrogens is 210 g/mol. The van der Waals surface area contributed by atoms with Crippen molar-refractivity contribution < 1.29 is 4.79 Å². The molecular formula is C15H23NO. The predicted octanol–water partition coefficient (Wildman–Crippen LogP) is 3.57. The Labute approximate surface area is 104 Å². The van der Waals surface area contributed by atoms with E-state index < -0.39 is 0 Å². The van der Waals surface area contributed by atoms with Crippen molar-refractivity contribution in [2.24, 2.45) is 5.73 Å². The van der Waals surface area contributed by atoms with Crippen molar-refractivity contribution >= 4 is 5.78 Å².